The molecule has 0 saturated heterocycles. The van der Waals surface area contributed by atoms with Gasteiger partial charge in [-0.2, -0.15) is 0 Å². The van der Waals surface area contributed by atoms with Crippen LogP contribution in [0, 0.1) is 0 Å². The normalized spacial score (nSPS) is 12.9. The molecule has 0 fully saturated rings. The van der Waals surface area contributed by atoms with Crippen LogP contribution in [-0.2, 0) is 4.79 Å². The van der Waals surface area contributed by atoms with Crippen LogP contribution in [0.3, 0.4) is 0 Å². The molecule has 0 aliphatic heterocycles. The molecule has 0 saturated carbocycles. The van der Waals surface area contributed by atoms with E-state index in [0.717, 1.165) is 25.7 Å². The number of hydrogen-bond donors (Lipinski definition) is 1. The Morgan fingerprint density at radius 2 is 2.00 bits per heavy atom. The first-order valence-corrected chi connectivity index (χ1v) is 4.98. The molecule has 0 aliphatic rings. The van der Waals surface area contributed by atoms with Crippen molar-refractivity contribution in [1.29, 1.82) is 0 Å². The van der Waals surface area contributed by atoms with Gasteiger partial charge in [0.05, 0.1) is 0 Å². The summed E-state index contributed by atoms with van der Waals surface area (Å²) in [6, 6.07) is 0.0825. The lowest BCUT2D eigenvalue weighted by Gasteiger charge is -2.06. The van der Waals surface area contributed by atoms with E-state index in [1.165, 1.54) is 6.42 Å². The molecule has 0 radical (unpaired) electrons. The van der Waals surface area contributed by atoms with Crippen molar-refractivity contribution < 1.29 is 4.79 Å². The number of carbonyl (C=O) groups is 1. The first kappa shape index (κ1) is 11.6. The fraction of sp³-hybridized carbons (Fsp3) is 0.900. The third kappa shape index (κ3) is 6.35. The smallest absolute Gasteiger partial charge is 0.134 e. The highest BCUT2D eigenvalue weighted by atomic mass is 16.1. The highest BCUT2D eigenvalue weighted by Crippen LogP contribution is 2.04. The summed E-state index contributed by atoms with van der Waals surface area (Å²) in [5.74, 6) is 0.331. The highest BCUT2D eigenvalue weighted by Gasteiger charge is 2.06. The second-order valence-electron chi connectivity index (χ2n) is 3.37. The van der Waals surface area contributed by atoms with Crippen LogP contribution in [0.2, 0.25) is 0 Å². The van der Waals surface area contributed by atoms with Gasteiger partial charge in [0.2, 0.25) is 0 Å². The SMILES string of the molecule is CCCCCC(=O)C[C@@H](N)CC. The van der Waals surface area contributed by atoms with Gasteiger partial charge >= 0.3 is 0 Å². The Bertz CT molecular complexity index is 123. The van der Waals surface area contributed by atoms with Crippen LogP contribution >= 0.6 is 0 Å². The molecule has 0 spiro atoms. The number of ketones is 1. The molecular weight excluding hydrogens is 150 g/mol. The van der Waals surface area contributed by atoms with Crippen molar-refractivity contribution in [2.45, 2.75) is 58.4 Å². The zero-order valence-corrected chi connectivity index (χ0v) is 8.31. The molecule has 0 aliphatic carbocycles. The zero-order valence-electron chi connectivity index (χ0n) is 8.31. The summed E-state index contributed by atoms with van der Waals surface area (Å²) in [6.07, 6.45) is 5.56. The molecule has 0 aromatic rings. The van der Waals surface area contributed by atoms with E-state index in [1.54, 1.807) is 0 Å². The number of carbonyl (C=O) groups excluding carboxylic acids is 1. The Morgan fingerprint density at radius 1 is 1.33 bits per heavy atom. The molecule has 12 heavy (non-hydrogen) atoms. The van der Waals surface area contributed by atoms with Crippen LogP contribution in [0.1, 0.15) is 52.4 Å². The molecule has 2 N–H and O–H groups in total. The van der Waals surface area contributed by atoms with Gasteiger partial charge < -0.3 is 5.73 Å². The molecule has 72 valence electrons. The summed E-state index contributed by atoms with van der Waals surface area (Å²) in [4.78, 5) is 11.2. The Morgan fingerprint density at radius 3 is 2.50 bits per heavy atom. The molecule has 0 rings (SSSR count). The van der Waals surface area contributed by atoms with Gasteiger partial charge in [-0.15, -0.1) is 0 Å². The lowest BCUT2D eigenvalue weighted by Crippen LogP contribution is -2.22. The minimum absolute atomic E-state index is 0.0825. The largest absolute Gasteiger partial charge is 0.327 e. The Balaban J connectivity index is 3.33. The summed E-state index contributed by atoms with van der Waals surface area (Å²) < 4.78 is 0. The quantitative estimate of drug-likeness (QED) is 0.597. The molecule has 2 heteroatoms. The van der Waals surface area contributed by atoms with Crippen molar-refractivity contribution in [3.8, 4) is 0 Å². The van der Waals surface area contributed by atoms with Gasteiger partial charge in [0.1, 0.15) is 5.78 Å². The second kappa shape index (κ2) is 7.29. The van der Waals surface area contributed by atoms with Gasteiger partial charge in [-0.1, -0.05) is 26.7 Å². The first-order valence-electron chi connectivity index (χ1n) is 4.98. The minimum Gasteiger partial charge on any atom is -0.327 e. The lowest BCUT2D eigenvalue weighted by atomic mass is 10.0. The van der Waals surface area contributed by atoms with Crippen molar-refractivity contribution in [3.05, 3.63) is 0 Å². The number of Topliss-reactive ketones (excluding diaryl/α,β-unsaturated/α-hetero) is 1. The molecule has 0 aromatic heterocycles. The Hall–Kier alpha value is -0.370. The number of unbranched alkanes of at least 4 members (excludes halogenated alkanes) is 2. The van der Waals surface area contributed by atoms with Crippen molar-refractivity contribution in [2.75, 3.05) is 0 Å². The maximum absolute atomic E-state index is 11.2. The van der Waals surface area contributed by atoms with Crippen LogP contribution in [0.5, 0.6) is 0 Å². The second-order valence-corrected chi connectivity index (χ2v) is 3.37. The Kier molecular flexibility index (Phi) is 7.06. The highest BCUT2D eigenvalue weighted by molar-refractivity contribution is 5.78. The van der Waals surface area contributed by atoms with E-state index in [1.807, 2.05) is 6.92 Å². The van der Waals surface area contributed by atoms with Crippen molar-refractivity contribution in [2.24, 2.45) is 5.73 Å². The third-order valence-electron chi connectivity index (χ3n) is 2.07. The molecule has 0 unspecified atom stereocenters. The maximum Gasteiger partial charge on any atom is 0.134 e. The molecule has 0 amide bonds. The topological polar surface area (TPSA) is 43.1 Å². The van der Waals surface area contributed by atoms with Crippen LogP contribution in [0.15, 0.2) is 0 Å². The van der Waals surface area contributed by atoms with Gasteiger partial charge in [-0.3, -0.25) is 4.79 Å². The van der Waals surface area contributed by atoms with Gasteiger partial charge in [0.25, 0.3) is 0 Å². The van der Waals surface area contributed by atoms with Gasteiger partial charge in [-0.05, 0) is 12.8 Å². The lowest BCUT2D eigenvalue weighted by molar-refractivity contribution is -0.119. The molecule has 0 aromatic carbocycles. The van der Waals surface area contributed by atoms with Gasteiger partial charge in [-0.25, -0.2) is 0 Å². The predicted molar refractivity (Wildman–Crippen MR) is 52.0 cm³/mol. The van der Waals surface area contributed by atoms with Crippen molar-refractivity contribution in [3.63, 3.8) is 0 Å². The first-order chi connectivity index (χ1) is 5.70. The summed E-state index contributed by atoms with van der Waals surface area (Å²) in [7, 11) is 0. The average Bonchev–Trinajstić information content (AvgIpc) is 2.05. The fourth-order valence-electron chi connectivity index (χ4n) is 1.11. The number of nitrogens with two attached hydrogens (primary N) is 1. The monoisotopic (exact) mass is 171 g/mol. The van der Waals surface area contributed by atoms with Crippen LogP contribution in [0.4, 0.5) is 0 Å². The van der Waals surface area contributed by atoms with E-state index in [-0.39, 0.29) is 6.04 Å². The molecule has 0 heterocycles. The minimum atomic E-state index is 0.0825. The standard InChI is InChI=1S/C10H21NO/c1-3-5-6-7-10(12)8-9(11)4-2/h9H,3-8,11H2,1-2H3/t9-/m0/s1. The average molecular weight is 171 g/mol. The van der Waals surface area contributed by atoms with E-state index in [9.17, 15) is 4.79 Å². The third-order valence-corrected chi connectivity index (χ3v) is 2.07. The van der Waals surface area contributed by atoms with Crippen LogP contribution in [-0.4, -0.2) is 11.8 Å². The van der Waals surface area contributed by atoms with Gasteiger partial charge in [0, 0.05) is 18.9 Å². The Labute approximate surface area is 75.5 Å². The van der Waals surface area contributed by atoms with Crippen LogP contribution in [0.25, 0.3) is 0 Å². The van der Waals surface area contributed by atoms with E-state index in [4.69, 9.17) is 5.73 Å². The zero-order chi connectivity index (χ0) is 9.40. The van der Waals surface area contributed by atoms with Crippen molar-refractivity contribution >= 4 is 5.78 Å². The van der Waals surface area contributed by atoms with E-state index in [0.29, 0.717) is 12.2 Å². The van der Waals surface area contributed by atoms with Crippen molar-refractivity contribution in [1.82, 2.24) is 0 Å². The summed E-state index contributed by atoms with van der Waals surface area (Å²) >= 11 is 0. The summed E-state index contributed by atoms with van der Waals surface area (Å²) in [5, 5.41) is 0. The molecule has 0 bridgehead atoms. The number of rotatable bonds is 7. The van der Waals surface area contributed by atoms with E-state index >= 15 is 0 Å². The molecular formula is C10H21NO. The van der Waals surface area contributed by atoms with Crippen LogP contribution < -0.4 is 5.73 Å². The molecule has 2 nitrogen and oxygen atoms in total. The van der Waals surface area contributed by atoms with Gasteiger partial charge in [0.15, 0.2) is 0 Å². The van der Waals surface area contributed by atoms with E-state index < -0.39 is 0 Å². The predicted octanol–water partition coefficient (Wildman–Crippen LogP) is 2.26. The molecule has 1 atom stereocenters. The van der Waals surface area contributed by atoms with E-state index in [2.05, 4.69) is 6.92 Å². The maximum atomic E-state index is 11.2. The number of hydrogen-bond acceptors (Lipinski definition) is 2. The summed E-state index contributed by atoms with van der Waals surface area (Å²) in [5.41, 5.74) is 5.66. The fourth-order valence-corrected chi connectivity index (χ4v) is 1.11. The summed E-state index contributed by atoms with van der Waals surface area (Å²) in [6.45, 7) is 4.16.